The van der Waals surface area contributed by atoms with Crippen LogP contribution >= 0.6 is 11.3 Å². The molecule has 1 aromatic rings. The van der Waals surface area contributed by atoms with Gasteiger partial charge in [-0.05, 0) is 19.4 Å². The largest absolute Gasteiger partial charge is 0.478 e. The number of aromatic carboxylic acids is 1. The number of thiophene rings is 1. The number of aryl methyl sites for hydroxylation is 1. The van der Waals surface area contributed by atoms with E-state index in [0.717, 1.165) is 11.3 Å². The highest BCUT2D eigenvalue weighted by atomic mass is 32.1. The van der Waals surface area contributed by atoms with Crippen LogP contribution in [0.15, 0.2) is 0 Å². The van der Waals surface area contributed by atoms with Crippen LogP contribution in [-0.2, 0) is 0 Å². The first-order valence-corrected chi connectivity index (χ1v) is 4.46. The molecule has 4 nitrogen and oxygen atoms in total. The first-order chi connectivity index (χ1) is 5.95. The van der Waals surface area contributed by atoms with Crippen LogP contribution in [0.25, 0.3) is 0 Å². The van der Waals surface area contributed by atoms with E-state index in [2.05, 4.69) is 0 Å². The predicted octanol–water partition coefficient (Wildman–Crippen LogP) is 1.05. The lowest BCUT2D eigenvalue weighted by Crippen LogP contribution is -2.00. The van der Waals surface area contributed by atoms with E-state index in [4.69, 9.17) is 15.3 Å². The summed E-state index contributed by atoms with van der Waals surface area (Å²) in [7, 11) is 0. The minimum absolute atomic E-state index is 0.174. The molecular weight excluding hydrogens is 192 g/mol. The average molecular weight is 202 g/mol. The van der Waals surface area contributed by atoms with E-state index in [9.17, 15) is 4.79 Å². The molecule has 0 spiro atoms. The second-order valence-corrected chi connectivity index (χ2v) is 3.96. The maximum atomic E-state index is 10.7. The number of aliphatic hydroxyl groups excluding tert-OH is 1. The van der Waals surface area contributed by atoms with Crippen LogP contribution < -0.4 is 0 Å². The molecule has 0 saturated heterocycles. The molecule has 1 rings (SSSR count). The molecule has 0 aliphatic rings. The summed E-state index contributed by atoms with van der Waals surface area (Å²) in [5.74, 6) is -1.03. The zero-order valence-corrected chi connectivity index (χ0v) is 8.05. The Hall–Kier alpha value is -0.910. The van der Waals surface area contributed by atoms with Crippen LogP contribution in [0.4, 0.5) is 0 Å². The summed E-state index contributed by atoms with van der Waals surface area (Å²) in [6.07, 6.45) is -1.59. The highest BCUT2D eigenvalue weighted by Crippen LogP contribution is 2.30. The average Bonchev–Trinajstić information content (AvgIpc) is 2.26. The number of aliphatic hydroxyl groups is 2. The summed E-state index contributed by atoms with van der Waals surface area (Å²) in [5, 5.41) is 26.6. The number of hydrogen-bond acceptors (Lipinski definition) is 4. The molecule has 3 N–H and O–H groups in total. The molecule has 0 saturated carbocycles. The minimum Gasteiger partial charge on any atom is -0.478 e. The lowest BCUT2D eigenvalue weighted by atomic mass is 10.1. The fourth-order valence-electron chi connectivity index (χ4n) is 1.24. The van der Waals surface area contributed by atoms with Gasteiger partial charge in [0.25, 0.3) is 0 Å². The van der Waals surface area contributed by atoms with Gasteiger partial charge in [-0.15, -0.1) is 11.3 Å². The fourth-order valence-corrected chi connectivity index (χ4v) is 2.27. The smallest absolute Gasteiger partial charge is 0.337 e. The SMILES string of the molecule is Cc1sc(C(O)O)c(C)c1C(=O)O. The van der Waals surface area contributed by atoms with E-state index in [1.165, 1.54) is 0 Å². The Labute approximate surface area is 79.1 Å². The van der Waals surface area contributed by atoms with Crippen molar-refractivity contribution in [3.8, 4) is 0 Å². The van der Waals surface area contributed by atoms with Crippen molar-refractivity contribution >= 4 is 17.3 Å². The number of rotatable bonds is 2. The summed E-state index contributed by atoms with van der Waals surface area (Å²) in [6, 6.07) is 0. The Morgan fingerprint density at radius 3 is 2.15 bits per heavy atom. The van der Waals surface area contributed by atoms with Gasteiger partial charge in [0, 0.05) is 4.88 Å². The Morgan fingerprint density at radius 2 is 1.92 bits per heavy atom. The monoisotopic (exact) mass is 202 g/mol. The van der Waals surface area contributed by atoms with Gasteiger partial charge in [0.15, 0.2) is 6.29 Å². The van der Waals surface area contributed by atoms with Gasteiger partial charge in [0.1, 0.15) is 0 Å². The molecule has 1 aromatic heterocycles. The van der Waals surface area contributed by atoms with E-state index < -0.39 is 12.3 Å². The highest BCUT2D eigenvalue weighted by Gasteiger charge is 2.20. The number of carbonyl (C=O) groups is 1. The first-order valence-electron chi connectivity index (χ1n) is 3.64. The molecule has 5 heteroatoms. The van der Waals surface area contributed by atoms with Crippen molar-refractivity contribution in [1.29, 1.82) is 0 Å². The molecule has 0 aromatic carbocycles. The molecule has 0 unspecified atom stereocenters. The molecule has 72 valence electrons. The number of hydrogen-bond donors (Lipinski definition) is 3. The third kappa shape index (κ3) is 1.72. The van der Waals surface area contributed by atoms with Crippen LogP contribution in [0.2, 0.25) is 0 Å². The normalized spacial score (nSPS) is 10.8. The van der Waals surface area contributed by atoms with Crippen LogP contribution in [0.3, 0.4) is 0 Å². The van der Waals surface area contributed by atoms with Crippen molar-refractivity contribution in [2.45, 2.75) is 20.1 Å². The molecule has 1 heterocycles. The maximum absolute atomic E-state index is 10.7. The van der Waals surface area contributed by atoms with Crippen LogP contribution in [-0.4, -0.2) is 21.3 Å². The van der Waals surface area contributed by atoms with Gasteiger partial charge in [-0.1, -0.05) is 0 Å². The zero-order valence-electron chi connectivity index (χ0n) is 7.24. The van der Waals surface area contributed by atoms with Crippen molar-refractivity contribution < 1.29 is 20.1 Å². The predicted molar refractivity (Wildman–Crippen MR) is 47.9 cm³/mol. The summed E-state index contributed by atoms with van der Waals surface area (Å²) >= 11 is 1.10. The van der Waals surface area contributed by atoms with Gasteiger partial charge in [0.2, 0.25) is 0 Å². The van der Waals surface area contributed by atoms with E-state index in [0.29, 0.717) is 15.3 Å². The van der Waals surface area contributed by atoms with Gasteiger partial charge in [0.05, 0.1) is 10.4 Å². The summed E-state index contributed by atoms with van der Waals surface area (Å²) in [5.41, 5.74) is 0.609. The third-order valence-corrected chi connectivity index (χ3v) is 3.06. The first kappa shape index (κ1) is 10.2. The van der Waals surface area contributed by atoms with Gasteiger partial charge < -0.3 is 15.3 Å². The van der Waals surface area contributed by atoms with Crippen molar-refractivity contribution in [3.05, 3.63) is 20.9 Å². The lowest BCUT2D eigenvalue weighted by molar-refractivity contribution is -0.0399. The van der Waals surface area contributed by atoms with Crippen LogP contribution in [0, 0.1) is 13.8 Å². The van der Waals surface area contributed by atoms with E-state index >= 15 is 0 Å². The molecule has 0 fully saturated rings. The third-order valence-electron chi connectivity index (χ3n) is 1.81. The van der Waals surface area contributed by atoms with E-state index in [1.807, 2.05) is 0 Å². The highest BCUT2D eigenvalue weighted by molar-refractivity contribution is 7.12. The second-order valence-electron chi connectivity index (χ2n) is 2.70. The van der Waals surface area contributed by atoms with Gasteiger partial charge in [-0.3, -0.25) is 0 Å². The molecule has 0 amide bonds. The van der Waals surface area contributed by atoms with E-state index in [-0.39, 0.29) is 5.56 Å². The summed E-state index contributed by atoms with van der Waals surface area (Å²) < 4.78 is 0. The lowest BCUT2D eigenvalue weighted by Gasteiger charge is -2.00. The number of carboxylic acid groups (broad SMARTS) is 1. The van der Waals surface area contributed by atoms with Crippen molar-refractivity contribution in [2.24, 2.45) is 0 Å². The standard InChI is InChI=1S/C8H10O4S/c1-3-5(7(9)10)4(2)13-6(3)8(11)12/h8,11-12H,1-2H3,(H,9,10). The molecule has 0 bridgehead atoms. The molecular formula is C8H10O4S. The molecule has 13 heavy (non-hydrogen) atoms. The van der Waals surface area contributed by atoms with Crippen LogP contribution in [0.1, 0.15) is 32.0 Å². The zero-order chi connectivity index (χ0) is 10.2. The minimum atomic E-state index is -1.59. The topological polar surface area (TPSA) is 77.8 Å². The Morgan fingerprint density at radius 1 is 1.38 bits per heavy atom. The Bertz CT molecular complexity index is 340. The van der Waals surface area contributed by atoms with Crippen molar-refractivity contribution in [3.63, 3.8) is 0 Å². The molecule has 0 aliphatic carbocycles. The molecule has 0 atom stereocenters. The summed E-state index contributed by atoms with van der Waals surface area (Å²) in [4.78, 5) is 11.6. The second kappa shape index (κ2) is 3.45. The molecule has 0 aliphatic heterocycles. The van der Waals surface area contributed by atoms with Crippen molar-refractivity contribution in [2.75, 3.05) is 0 Å². The summed E-state index contributed by atoms with van der Waals surface area (Å²) in [6.45, 7) is 3.22. The van der Waals surface area contributed by atoms with Gasteiger partial charge in [-0.2, -0.15) is 0 Å². The fraction of sp³-hybridized carbons (Fsp3) is 0.375. The molecule has 0 radical (unpaired) electrons. The number of carboxylic acids is 1. The maximum Gasteiger partial charge on any atom is 0.337 e. The van der Waals surface area contributed by atoms with Crippen molar-refractivity contribution in [1.82, 2.24) is 0 Å². The van der Waals surface area contributed by atoms with E-state index in [1.54, 1.807) is 13.8 Å². The Balaban J connectivity index is 3.30. The van der Waals surface area contributed by atoms with Crippen LogP contribution in [0.5, 0.6) is 0 Å². The quantitative estimate of drug-likeness (QED) is 0.626. The Kier molecular flexibility index (Phi) is 2.70. The van der Waals surface area contributed by atoms with Gasteiger partial charge in [-0.25, -0.2) is 4.79 Å². The van der Waals surface area contributed by atoms with Gasteiger partial charge >= 0.3 is 5.97 Å².